The highest BCUT2D eigenvalue weighted by molar-refractivity contribution is 7.17. The first-order valence-corrected chi connectivity index (χ1v) is 6.93. The molecule has 0 fully saturated rings. The summed E-state index contributed by atoms with van der Waals surface area (Å²) in [7, 11) is 0. The molecule has 4 nitrogen and oxygen atoms in total. The minimum absolute atomic E-state index is 0.675. The number of thiophene rings is 1. The summed E-state index contributed by atoms with van der Waals surface area (Å²) in [6, 6.07) is 9.83. The highest BCUT2D eigenvalue weighted by Gasteiger charge is 2.05. The number of anilines is 2. The Kier molecular flexibility index (Phi) is 3.29. The SMILES string of the molecule is CCOc1ccc(Nc2ncnc3ccsc23)cc1. The molecule has 19 heavy (non-hydrogen) atoms. The first-order chi connectivity index (χ1) is 9.36. The van der Waals surface area contributed by atoms with E-state index in [0.717, 1.165) is 27.5 Å². The highest BCUT2D eigenvalue weighted by Crippen LogP contribution is 2.27. The summed E-state index contributed by atoms with van der Waals surface area (Å²) in [6.07, 6.45) is 1.58. The second-order valence-electron chi connectivity index (χ2n) is 3.94. The topological polar surface area (TPSA) is 47.0 Å². The van der Waals surface area contributed by atoms with E-state index in [1.54, 1.807) is 17.7 Å². The average Bonchev–Trinajstić information content (AvgIpc) is 2.91. The van der Waals surface area contributed by atoms with Crippen molar-refractivity contribution in [3.8, 4) is 5.75 Å². The van der Waals surface area contributed by atoms with Crippen LogP contribution < -0.4 is 10.1 Å². The predicted octanol–water partition coefficient (Wildman–Crippen LogP) is 3.83. The van der Waals surface area contributed by atoms with Gasteiger partial charge in [0.1, 0.15) is 12.1 Å². The van der Waals surface area contributed by atoms with E-state index in [9.17, 15) is 0 Å². The number of ether oxygens (including phenoxy) is 1. The summed E-state index contributed by atoms with van der Waals surface area (Å²) < 4.78 is 6.48. The third kappa shape index (κ3) is 2.51. The fourth-order valence-corrected chi connectivity index (χ4v) is 2.61. The van der Waals surface area contributed by atoms with E-state index < -0.39 is 0 Å². The van der Waals surface area contributed by atoms with E-state index in [2.05, 4.69) is 15.3 Å². The molecule has 0 unspecified atom stereocenters. The van der Waals surface area contributed by atoms with Crippen molar-refractivity contribution in [1.82, 2.24) is 9.97 Å². The molecule has 0 atom stereocenters. The molecular formula is C14H13N3OS. The van der Waals surface area contributed by atoms with Crippen molar-refractivity contribution in [3.05, 3.63) is 42.0 Å². The summed E-state index contributed by atoms with van der Waals surface area (Å²) in [5, 5.41) is 5.32. The second kappa shape index (κ2) is 5.24. The lowest BCUT2D eigenvalue weighted by molar-refractivity contribution is 0.340. The lowest BCUT2D eigenvalue weighted by atomic mass is 10.3. The monoisotopic (exact) mass is 271 g/mol. The predicted molar refractivity (Wildman–Crippen MR) is 78.3 cm³/mol. The van der Waals surface area contributed by atoms with Crippen LogP contribution >= 0.6 is 11.3 Å². The van der Waals surface area contributed by atoms with E-state index in [1.807, 2.05) is 42.6 Å². The van der Waals surface area contributed by atoms with Crippen LogP contribution in [0.2, 0.25) is 0 Å². The molecule has 3 aromatic rings. The molecule has 1 N–H and O–H groups in total. The van der Waals surface area contributed by atoms with Gasteiger partial charge in [0, 0.05) is 5.69 Å². The third-order valence-corrected chi connectivity index (χ3v) is 3.58. The fourth-order valence-electron chi connectivity index (χ4n) is 1.82. The summed E-state index contributed by atoms with van der Waals surface area (Å²) in [6.45, 7) is 2.65. The Morgan fingerprint density at radius 1 is 1.16 bits per heavy atom. The van der Waals surface area contributed by atoms with Crippen molar-refractivity contribution in [3.63, 3.8) is 0 Å². The minimum Gasteiger partial charge on any atom is -0.494 e. The van der Waals surface area contributed by atoms with Gasteiger partial charge in [0.25, 0.3) is 0 Å². The van der Waals surface area contributed by atoms with Gasteiger partial charge in [-0.05, 0) is 42.6 Å². The van der Waals surface area contributed by atoms with Gasteiger partial charge < -0.3 is 10.1 Å². The molecule has 0 radical (unpaired) electrons. The average molecular weight is 271 g/mol. The Bertz CT molecular complexity index is 678. The summed E-state index contributed by atoms with van der Waals surface area (Å²) >= 11 is 1.63. The fraction of sp³-hybridized carbons (Fsp3) is 0.143. The molecule has 0 aliphatic heterocycles. The van der Waals surface area contributed by atoms with Crippen LogP contribution in [0.25, 0.3) is 10.2 Å². The molecule has 2 heterocycles. The van der Waals surface area contributed by atoms with Crippen LogP contribution in [-0.2, 0) is 0 Å². The first-order valence-electron chi connectivity index (χ1n) is 6.05. The Hall–Kier alpha value is -2.14. The van der Waals surface area contributed by atoms with Gasteiger partial charge in [-0.25, -0.2) is 9.97 Å². The van der Waals surface area contributed by atoms with E-state index >= 15 is 0 Å². The summed E-state index contributed by atoms with van der Waals surface area (Å²) in [4.78, 5) is 8.51. The molecule has 96 valence electrons. The number of fused-ring (bicyclic) bond motifs is 1. The number of nitrogens with zero attached hydrogens (tertiary/aromatic N) is 2. The van der Waals surface area contributed by atoms with Gasteiger partial charge in [-0.3, -0.25) is 0 Å². The molecule has 0 spiro atoms. The van der Waals surface area contributed by atoms with Crippen molar-refractivity contribution in [2.45, 2.75) is 6.92 Å². The zero-order valence-electron chi connectivity index (χ0n) is 10.5. The van der Waals surface area contributed by atoms with Gasteiger partial charge in [-0.1, -0.05) is 0 Å². The van der Waals surface area contributed by atoms with Crippen molar-refractivity contribution in [2.24, 2.45) is 0 Å². The van der Waals surface area contributed by atoms with E-state index in [-0.39, 0.29) is 0 Å². The van der Waals surface area contributed by atoms with Crippen molar-refractivity contribution in [2.75, 3.05) is 11.9 Å². The maximum absolute atomic E-state index is 5.42. The molecule has 0 amide bonds. The molecular weight excluding hydrogens is 258 g/mol. The van der Waals surface area contributed by atoms with Crippen LogP contribution in [0.5, 0.6) is 5.75 Å². The number of nitrogens with one attached hydrogen (secondary N) is 1. The Morgan fingerprint density at radius 2 is 2.00 bits per heavy atom. The van der Waals surface area contributed by atoms with Crippen LogP contribution in [0.1, 0.15) is 6.92 Å². The van der Waals surface area contributed by atoms with Gasteiger partial charge in [0.15, 0.2) is 5.82 Å². The van der Waals surface area contributed by atoms with Crippen LogP contribution in [0.3, 0.4) is 0 Å². The number of aromatic nitrogens is 2. The number of benzene rings is 1. The molecule has 0 aliphatic carbocycles. The Balaban J connectivity index is 1.86. The molecule has 5 heteroatoms. The zero-order valence-corrected chi connectivity index (χ0v) is 11.3. The van der Waals surface area contributed by atoms with Crippen LogP contribution in [0.4, 0.5) is 11.5 Å². The quantitative estimate of drug-likeness (QED) is 0.783. The molecule has 0 saturated heterocycles. The number of rotatable bonds is 4. The largest absolute Gasteiger partial charge is 0.494 e. The molecule has 0 aliphatic rings. The van der Waals surface area contributed by atoms with Crippen molar-refractivity contribution < 1.29 is 4.74 Å². The maximum Gasteiger partial charge on any atom is 0.151 e. The van der Waals surface area contributed by atoms with Crippen LogP contribution in [-0.4, -0.2) is 16.6 Å². The van der Waals surface area contributed by atoms with Crippen LogP contribution in [0.15, 0.2) is 42.0 Å². The molecule has 0 bridgehead atoms. The molecule has 3 rings (SSSR count). The molecule has 2 aromatic heterocycles. The lowest BCUT2D eigenvalue weighted by Crippen LogP contribution is -1.95. The standard InChI is InChI=1S/C14H13N3OS/c1-2-18-11-5-3-10(4-6-11)17-14-13-12(7-8-19-13)15-9-16-14/h3-9H,2H2,1H3,(H,15,16,17). The maximum atomic E-state index is 5.42. The van der Waals surface area contributed by atoms with Gasteiger partial charge in [-0.15, -0.1) is 11.3 Å². The summed E-state index contributed by atoms with van der Waals surface area (Å²) in [5.41, 5.74) is 1.95. The van der Waals surface area contributed by atoms with Gasteiger partial charge >= 0.3 is 0 Å². The molecule has 1 aromatic carbocycles. The van der Waals surface area contributed by atoms with E-state index in [4.69, 9.17) is 4.74 Å². The Labute approximate surface area is 115 Å². The van der Waals surface area contributed by atoms with E-state index in [0.29, 0.717) is 6.61 Å². The number of hydrogen-bond acceptors (Lipinski definition) is 5. The van der Waals surface area contributed by atoms with Crippen molar-refractivity contribution in [1.29, 1.82) is 0 Å². The number of hydrogen-bond donors (Lipinski definition) is 1. The third-order valence-electron chi connectivity index (χ3n) is 2.67. The normalized spacial score (nSPS) is 10.6. The Morgan fingerprint density at radius 3 is 2.79 bits per heavy atom. The first kappa shape index (κ1) is 11.9. The van der Waals surface area contributed by atoms with Gasteiger partial charge in [0.05, 0.1) is 16.8 Å². The summed E-state index contributed by atoms with van der Waals surface area (Å²) in [5.74, 6) is 1.71. The highest BCUT2D eigenvalue weighted by atomic mass is 32.1. The van der Waals surface area contributed by atoms with Crippen molar-refractivity contribution >= 4 is 33.1 Å². The van der Waals surface area contributed by atoms with Gasteiger partial charge in [-0.2, -0.15) is 0 Å². The molecule has 0 saturated carbocycles. The minimum atomic E-state index is 0.675. The second-order valence-corrected chi connectivity index (χ2v) is 4.86. The zero-order chi connectivity index (χ0) is 13.1. The van der Waals surface area contributed by atoms with Crippen LogP contribution in [0, 0.1) is 0 Å². The lowest BCUT2D eigenvalue weighted by Gasteiger charge is -2.07. The van der Waals surface area contributed by atoms with E-state index in [1.165, 1.54) is 0 Å². The smallest absolute Gasteiger partial charge is 0.151 e. The van der Waals surface area contributed by atoms with Gasteiger partial charge in [0.2, 0.25) is 0 Å².